The number of hydrogen-bond donors (Lipinski definition) is 2. The monoisotopic (exact) mass is 292 g/mol. The molecule has 0 radical (unpaired) electrons. The fourth-order valence-corrected chi connectivity index (χ4v) is 1.04. The number of amides is 2. The topological polar surface area (TPSA) is 75.3 Å². The smallest absolute Gasteiger partial charge is 0.249 e. The van der Waals surface area contributed by atoms with Gasteiger partial charge in [0, 0.05) is 0 Å². The number of rotatable bonds is 2. The number of hydrogen-bond acceptors (Lipinski definition) is 3. The highest BCUT2D eigenvalue weighted by Crippen LogP contribution is 2.19. The normalized spacial score (nSPS) is 16.4. The highest BCUT2D eigenvalue weighted by molar-refractivity contribution is 7.85. The molecule has 0 aromatic rings. The van der Waals surface area contributed by atoms with Crippen molar-refractivity contribution in [3.8, 4) is 0 Å². The van der Waals surface area contributed by atoms with Gasteiger partial charge in [-0.05, 0) is 0 Å². The van der Waals surface area contributed by atoms with Crippen LogP contribution in [0.2, 0.25) is 0 Å². The molecule has 0 aromatic carbocycles. The maximum atomic E-state index is 11.5. The molecule has 96 valence electrons. The van der Waals surface area contributed by atoms with Crippen LogP contribution in [0.15, 0.2) is 0 Å². The highest BCUT2D eigenvalue weighted by atomic mass is 32.2. The number of nitrogens with one attached hydrogen (secondary N) is 2. The standard InChI is InChI=1S/C3H2F6N2O3S2/c4-2(5,6)15(13)10-1(12)11-16(14)3(7,8)9/h(H2,10,11,12). The van der Waals surface area contributed by atoms with Crippen molar-refractivity contribution in [1.82, 2.24) is 9.44 Å². The Morgan fingerprint density at radius 3 is 1.25 bits per heavy atom. The quantitative estimate of drug-likeness (QED) is 0.734. The molecule has 0 heterocycles. The van der Waals surface area contributed by atoms with Gasteiger partial charge >= 0.3 is 17.0 Å². The zero-order valence-electron chi connectivity index (χ0n) is 6.81. The molecule has 0 aliphatic carbocycles. The van der Waals surface area contributed by atoms with Crippen molar-refractivity contribution in [2.24, 2.45) is 0 Å². The van der Waals surface area contributed by atoms with E-state index in [-0.39, 0.29) is 0 Å². The van der Waals surface area contributed by atoms with Crippen molar-refractivity contribution in [2.45, 2.75) is 11.0 Å². The fourth-order valence-electron chi connectivity index (χ4n) is 0.305. The second kappa shape index (κ2) is 4.99. The van der Waals surface area contributed by atoms with Crippen LogP contribution >= 0.6 is 0 Å². The molecule has 0 saturated heterocycles. The first kappa shape index (κ1) is 15.2. The Balaban J connectivity index is 4.32. The molecule has 16 heavy (non-hydrogen) atoms. The van der Waals surface area contributed by atoms with E-state index in [2.05, 4.69) is 0 Å². The summed E-state index contributed by atoms with van der Waals surface area (Å²) in [6.45, 7) is 0. The van der Waals surface area contributed by atoms with Crippen LogP contribution in [0.4, 0.5) is 31.1 Å². The molecule has 5 nitrogen and oxygen atoms in total. The first-order chi connectivity index (χ1) is 6.94. The maximum absolute atomic E-state index is 11.5. The molecule has 0 bridgehead atoms. The molecule has 0 spiro atoms. The zero-order valence-corrected chi connectivity index (χ0v) is 8.44. The summed E-state index contributed by atoms with van der Waals surface area (Å²) in [4.78, 5) is 10.3. The molecule has 2 unspecified atom stereocenters. The van der Waals surface area contributed by atoms with Crippen molar-refractivity contribution in [1.29, 1.82) is 0 Å². The van der Waals surface area contributed by atoms with Crippen molar-refractivity contribution < 1.29 is 39.6 Å². The van der Waals surface area contributed by atoms with Crippen molar-refractivity contribution >= 4 is 28.0 Å². The summed E-state index contributed by atoms with van der Waals surface area (Å²) in [7, 11) is -7.75. The Hall–Kier alpha value is -0.850. The van der Waals surface area contributed by atoms with Gasteiger partial charge in [0.2, 0.25) is 22.0 Å². The Labute approximate surface area is 88.7 Å². The molecule has 0 saturated carbocycles. The summed E-state index contributed by atoms with van der Waals surface area (Å²) in [6, 6.07) is -2.12. The van der Waals surface area contributed by atoms with Gasteiger partial charge in [0.05, 0.1) is 0 Å². The van der Waals surface area contributed by atoms with Crippen LogP contribution in [0.5, 0.6) is 0 Å². The average molecular weight is 292 g/mol. The molecule has 0 aliphatic heterocycles. The minimum absolute atomic E-state index is 0.627. The van der Waals surface area contributed by atoms with Crippen LogP contribution in [-0.4, -0.2) is 25.5 Å². The van der Waals surface area contributed by atoms with E-state index in [1.807, 2.05) is 0 Å². The van der Waals surface area contributed by atoms with E-state index < -0.39 is 39.0 Å². The Kier molecular flexibility index (Phi) is 4.72. The first-order valence-electron chi connectivity index (χ1n) is 2.99. The Morgan fingerprint density at radius 2 is 1.06 bits per heavy atom. The molecular weight excluding hydrogens is 290 g/mol. The lowest BCUT2D eigenvalue weighted by molar-refractivity contribution is -0.0393. The second-order valence-electron chi connectivity index (χ2n) is 1.96. The third-order valence-electron chi connectivity index (χ3n) is 0.791. The van der Waals surface area contributed by atoms with Gasteiger partial charge in [0.1, 0.15) is 0 Å². The van der Waals surface area contributed by atoms with E-state index in [0.29, 0.717) is 9.44 Å². The number of carbonyl (C=O) groups excluding carboxylic acids is 1. The number of halogens is 6. The van der Waals surface area contributed by atoms with E-state index in [4.69, 9.17) is 0 Å². The lowest BCUT2D eigenvalue weighted by atomic mass is 11.2. The first-order valence-corrected chi connectivity index (χ1v) is 5.29. The largest absolute Gasteiger partial charge is 0.490 e. The van der Waals surface area contributed by atoms with E-state index in [9.17, 15) is 39.6 Å². The lowest BCUT2D eigenvalue weighted by Crippen LogP contribution is -2.44. The van der Waals surface area contributed by atoms with Crippen LogP contribution in [-0.2, 0) is 22.0 Å². The van der Waals surface area contributed by atoms with Gasteiger partial charge in [-0.25, -0.2) is 22.7 Å². The van der Waals surface area contributed by atoms with Crippen molar-refractivity contribution in [3.63, 3.8) is 0 Å². The SMILES string of the molecule is O=C(NS(=O)C(F)(F)F)NS(=O)C(F)(F)F. The summed E-state index contributed by atoms with van der Waals surface area (Å²) in [5.41, 5.74) is -10.6. The minimum Gasteiger partial charge on any atom is -0.249 e. The van der Waals surface area contributed by atoms with Crippen LogP contribution < -0.4 is 9.44 Å². The Bertz CT molecular complexity index is 294. The van der Waals surface area contributed by atoms with Crippen LogP contribution in [0.3, 0.4) is 0 Å². The number of urea groups is 1. The molecule has 0 fully saturated rings. The summed E-state index contributed by atoms with van der Waals surface area (Å²) >= 11 is 0. The molecule has 0 aromatic heterocycles. The van der Waals surface area contributed by atoms with Crippen LogP contribution in [0.25, 0.3) is 0 Å². The van der Waals surface area contributed by atoms with Gasteiger partial charge in [-0.2, -0.15) is 26.3 Å². The third kappa shape index (κ3) is 5.29. The second-order valence-corrected chi connectivity index (χ2v) is 4.37. The van der Waals surface area contributed by atoms with E-state index in [1.165, 1.54) is 0 Å². The molecule has 2 N–H and O–H groups in total. The van der Waals surface area contributed by atoms with Gasteiger partial charge < -0.3 is 0 Å². The van der Waals surface area contributed by atoms with Gasteiger partial charge in [-0.3, -0.25) is 0 Å². The predicted octanol–water partition coefficient (Wildman–Crippen LogP) is 0.653. The fraction of sp³-hybridized carbons (Fsp3) is 0.667. The number of alkyl halides is 6. The van der Waals surface area contributed by atoms with Crippen LogP contribution in [0, 0.1) is 0 Å². The molecule has 0 rings (SSSR count). The summed E-state index contributed by atoms with van der Waals surface area (Å²) in [6.07, 6.45) is 0. The van der Waals surface area contributed by atoms with Crippen molar-refractivity contribution in [3.05, 3.63) is 0 Å². The van der Waals surface area contributed by atoms with Crippen molar-refractivity contribution in [2.75, 3.05) is 0 Å². The average Bonchev–Trinajstić information content (AvgIpc) is 1.99. The zero-order chi connectivity index (χ0) is 13.1. The Morgan fingerprint density at radius 1 is 0.812 bits per heavy atom. The van der Waals surface area contributed by atoms with E-state index in [1.54, 1.807) is 0 Å². The highest BCUT2D eigenvalue weighted by Gasteiger charge is 2.41. The van der Waals surface area contributed by atoms with Gasteiger partial charge in [-0.1, -0.05) is 0 Å². The van der Waals surface area contributed by atoms with Crippen LogP contribution in [0.1, 0.15) is 0 Å². The molecule has 13 heteroatoms. The summed E-state index contributed by atoms with van der Waals surface area (Å²) in [5, 5.41) is 0. The molecule has 2 amide bonds. The van der Waals surface area contributed by atoms with E-state index >= 15 is 0 Å². The number of carbonyl (C=O) groups is 1. The van der Waals surface area contributed by atoms with E-state index in [0.717, 1.165) is 0 Å². The minimum atomic E-state index is -5.32. The molecular formula is C3H2F6N2O3S2. The summed E-state index contributed by atoms with van der Waals surface area (Å²) < 4.78 is 90.8. The predicted molar refractivity (Wildman–Crippen MR) is 40.1 cm³/mol. The summed E-state index contributed by atoms with van der Waals surface area (Å²) in [5.74, 6) is 0. The maximum Gasteiger partial charge on any atom is 0.490 e. The lowest BCUT2D eigenvalue weighted by Gasteiger charge is -2.09. The molecule has 2 atom stereocenters. The van der Waals surface area contributed by atoms with Gasteiger partial charge in [0.15, 0.2) is 0 Å². The van der Waals surface area contributed by atoms with Gasteiger partial charge in [-0.15, -0.1) is 0 Å². The third-order valence-corrected chi connectivity index (χ3v) is 2.37. The molecule has 0 aliphatic rings. The van der Waals surface area contributed by atoms with Gasteiger partial charge in [0.25, 0.3) is 0 Å².